The second kappa shape index (κ2) is 6.14. The van der Waals surface area contributed by atoms with Crippen LogP contribution < -0.4 is 5.32 Å². The third-order valence-electron chi connectivity index (χ3n) is 2.96. The Hall–Kier alpha value is -2.16. The first-order valence-electron chi connectivity index (χ1n) is 6.48. The summed E-state index contributed by atoms with van der Waals surface area (Å²) >= 11 is 0. The maximum atomic E-state index is 10.9. The standard InChI is InChI=1S/C16H18N2O/c1-3-15-5-4-6-16(18-15)14-9-7-13(8-10-14)11-17-12(2)19/h4-10H,3,11H2,1-2H3,(H,17,19). The van der Waals surface area contributed by atoms with E-state index in [0.717, 1.165) is 28.9 Å². The maximum absolute atomic E-state index is 10.9. The van der Waals surface area contributed by atoms with Gasteiger partial charge in [0.1, 0.15) is 0 Å². The van der Waals surface area contributed by atoms with Crippen molar-refractivity contribution in [3.8, 4) is 11.3 Å². The van der Waals surface area contributed by atoms with Crippen molar-refractivity contribution in [2.45, 2.75) is 26.8 Å². The molecule has 1 heterocycles. The minimum Gasteiger partial charge on any atom is -0.352 e. The summed E-state index contributed by atoms with van der Waals surface area (Å²) in [4.78, 5) is 15.5. The summed E-state index contributed by atoms with van der Waals surface area (Å²) in [5.74, 6) is -0.0126. The van der Waals surface area contributed by atoms with Crippen molar-refractivity contribution in [3.63, 3.8) is 0 Å². The summed E-state index contributed by atoms with van der Waals surface area (Å²) in [6.45, 7) is 4.19. The number of nitrogens with zero attached hydrogens (tertiary/aromatic N) is 1. The van der Waals surface area contributed by atoms with E-state index in [0.29, 0.717) is 6.54 Å². The summed E-state index contributed by atoms with van der Waals surface area (Å²) in [5.41, 5.74) is 4.28. The smallest absolute Gasteiger partial charge is 0.217 e. The van der Waals surface area contributed by atoms with Gasteiger partial charge in [-0.05, 0) is 24.1 Å². The second-order valence-electron chi connectivity index (χ2n) is 4.47. The van der Waals surface area contributed by atoms with Crippen LogP contribution in [0.25, 0.3) is 11.3 Å². The van der Waals surface area contributed by atoms with E-state index < -0.39 is 0 Å². The van der Waals surface area contributed by atoms with Crippen molar-refractivity contribution >= 4 is 5.91 Å². The first-order chi connectivity index (χ1) is 9.19. The molecule has 0 unspecified atom stereocenters. The van der Waals surface area contributed by atoms with Crippen LogP contribution in [0.3, 0.4) is 0 Å². The summed E-state index contributed by atoms with van der Waals surface area (Å²) < 4.78 is 0. The van der Waals surface area contributed by atoms with Crippen LogP contribution in [-0.4, -0.2) is 10.9 Å². The quantitative estimate of drug-likeness (QED) is 0.911. The van der Waals surface area contributed by atoms with E-state index in [-0.39, 0.29) is 5.91 Å². The summed E-state index contributed by atoms with van der Waals surface area (Å²) in [6, 6.07) is 14.2. The lowest BCUT2D eigenvalue weighted by molar-refractivity contribution is -0.119. The molecule has 0 spiro atoms. The Morgan fingerprint density at radius 3 is 2.53 bits per heavy atom. The monoisotopic (exact) mass is 254 g/mol. The lowest BCUT2D eigenvalue weighted by atomic mass is 10.1. The highest BCUT2D eigenvalue weighted by Crippen LogP contribution is 2.18. The Morgan fingerprint density at radius 2 is 1.89 bits per heavy atom. The molecular formula is C16H18N2O. The number of hydrogen-bond acceptors (Lipinski definition) is 2. The highest BCUT2D eigenvalue weighted by atomic mass is 16.1. The van der Waals surface area contributed by atoms with Crippen LogP contribution in [0.5, 0.6) is 0 Å². The third kappa shape index (κ3) is 3.65. The molecule has 2 aromatic rings. The van der Waals surface area contributed by atoms with Gasteiger partial charge in [0.2, 0.25) is 5.91 Å². The fourth-order valence-electron chi connectivity index (χ4n) is 1.86. The molecule has 1 amide bonds. The molecule has 0 aliphatic rings. The zero-order valence-corrected chi connectivity index (χ0v) is 11.3. The molecule has 0 bridgehead atoms. The number of aryl methyl sites for hydroxylation is 1. The number of rotatable bonds is 4. The van der Waals surface area contributed by atoms with Crippen LogP contribution in [0.15, 0.2) is 42.5 Å². The van der Waals surface area contributed by atoms with E-state index in [1.54, 1.807) is 0 Å². The first kappa shape index (κ1) is 13.3. The van der Waals surface area contributed by atoms with Gasteiger partial charge in [-0.1, -0.05) is 37.3 Å². The molecular weight excluding hydrogens is 236 g/mol. The minimum atomic E-state index is -0.0126. The average Bonchev–Trinajstić information content (AvgIpc) is 2.45. The van der Waals surface area contributed by atoms with Gasteiger partial charge in [-0.15, -0.1) is 0 Å². The van der Waals surface area contributed by atoms with Crippen LogP contribution >= 0.6 is 0 Å². The zero-order chi connectivity index (χ0) is 13.7. The van der Waals surface area contributed by atoms with Gasteiger partial charge < -0.3 is 5.32 Å². The Kier molecular flexibility index (Phi) is 4.29. The van der Waals surface area contributed by atoms with Crippen LogP contribution in [0.2, 0.25) is 0 Å². The van der Waals surface area contributed by atoms with E-state index in [1.165, 1.54) is 6.92 Å². The molecule has 0 fully saturated rings. The number of carbonyl (C=O) groups is 1. The largest absolute Gasteiger partial charge is 0.352 e. The maximum Gasteiger partial charge on any atom is 0.217 e. The molecule has 0 radical (unpaired) electrons. The van der Waals surface area contributed by atoms with E-state index in [9.17, 15) is 4.79 Å². The van der Waals surface area contributed by atoms with E-state index in [2.05, 4.69) is 17.2 Å². The van der Waals surface area contributed by atoms with Gasteiger partial charge in [0.05, 0.1) is 5.69 Å². The molecule has 0 saturated carbocycles. The number of hydrogen-bond donors (Lipinski definition) is 1. The number of carbonyl (C=O) groups excluding carboxylic acids is 1. The molecule has 3 nitrogen and oxygen atoms in total. The van der Waals surface area contributed by atoms with Gasteiger partial charge in [0.15, 0.2) is 0 Å². The number of pyridine rings is 1. The Morgan fingerprint density at radius 1 is 1.16 bits per heavy atom. The summed E-state index contributed by atoms with van der Waals surface area (Å²) in [7, 11) is 0. The Balaban J connectivity index is 2.15. The fraction of sp³-hybridized carbons (Fsp3) is 0.250. The van der Waals surface area contributed by atoms with Crippen LogP contribution in [0.4, 0.5) is 0 Å². The Labute approximate surface area is 113 Å². The predicted molar refractivity (Wildman–Crippen MR) is 76.6 cm³/mol. The fourth-order valence-corrected chi connectivity index (χ4v) is 1.86. The van der Waals surface area contributed by atoms with Crippen molar-refractivity contribution < 1.29 is 4.79 Å². The van der Waals surface area contributed by atoms with Crippen molar-refractivity contribution in [2.75, 3.05) is 0 Å². The second-order valence-corrected chi connectivity index (χ2v) is 4.47. The summed E-state index contributed by atoms with van der Waals surface area (Å²) in [6.07, 6.45) is 0.939. The van der Waals surface area contributed by atoms with Crippen molar-refractivity contribution in [1.82, 2.24) is 10.3 Å². The molecule has 3 heteroatoms. The van der Waals surface area contributed by atoms with E-state index in [1.807, 2.05) is 42.5 Å². The third-order valence-corrected chi connectivity index (χ3v) is 2.96. The van der Waals surface area contributed by atoms with Gasteiger partial charge in [0.25, 0.3) is 0 Å². The SMILES string of the molecule is CCc1cccc(-c2ccc(CNC(C)=O)cc2)n1. The van der Waals surface area contributed by atoms with Crippen LogP contribution in [-0.2, 0) is 17.8 Å². The molecule has 0 aliphatic carbocycles. The van der Waals surface area contributed by atoms with Crippen LogP contribution in [0.1, 0.15) is 25.1 Å². The van der Waals surface area contributed by atoms with E-state index in [4.69, 9.17) is 0 Å². The van der Waals surface area contributed by atoms with Crippen molar-refractivity contribution in [1.29, 1.82) is 0 Å². The zero-order valence-electron chi connectivity index (χ0n) is 11.3. The van der Waals surface area contributed by atoms with Crippen molar-refractivity contribution in [3.05, 3.63) is 53.7 Å². The first-order valence-corrected chi connectivity index (χ1v) is 6.48. The number of nitrogens with one attached hydrogen (secondary N) is 1. The van der Waals surface area contributed by atoms with Gasteiger partial charge >= 0.3 is 0 Å². The highest BCUT2D eigenvalue weighted by Gasteiger charge is 2.01. The predicted octanol–water partition coefficient (Wildman–Crippen LogP) is 2.95. The molecule has 0 aliphatic heterocycles. The molecule has 0 saturated heterocycles. The topological polar surface area (TPSA) is 42.0 Å². The lowest BCUT2D eigenvalue weighted by Gasteiger charge is -2.06. The summed E-state index contributed by atoms with van der Waals surface area (Å²) in [5, 5.41) is 2.78. The average molecular weight is 254 g/mol. The van der Waals surface area contributed by atoms with Crippen molar-refractivity contribution in [2.24, 2.45) is 0 Å². The molecule has 1 aromatic heterocycles. The normalized spacial score (nSPS) is 10.2. The minimum absolute atomic E-state index is 0.0126. The lowest BCUT2D eigenvalue weighted by Crippen LogP contribution is -2.18. The molecule has 2 rings (SSSR count). The number of amides is 1. The number of benzene rings is 1. The number of aromatic nitrogens is 1. The van der Waals surface area contributed by atoms with Gasteiger partial charge in [-0.2, -0.15) is 0 Å². The molecule has 1 N–H and O–H groups in total. The van der Waals surface area contributed by atoms with E-state index >= 15 is 0 Å². The highest BCUT2D eigenvalue weighted by molar-refractivity contribution is 5.72. The van der Waals surface area contributed by atoms with Gasteiger partial charge in [-0.3, -0.25) is 9.78 Å². The van der Waals surface area contributed by atoms with Gasteiger partial charge in [-0.25, -0.2) is 0 Å². The van der Waals surface area contributed by atoms with Crippen LogP contribution in [0, 0.1) is 0 Å². The van der Waals surface area contributed by atoms with Gasteiger partial charge in [0, 0.05) is 24.7 Å². The molecule has 0 atom stereocenters. The Bertz CT molecular complexity index is 561. The molecule has 98 valence electrons. The molecule has 1 aromatic carbocycles. The molecule has 19 heavy (non-hydrogen) atoms.